The van der Waals surface area contributed by atoms with Crippen LogP contribution >= 0.6 is 0 Å². The van der Waals surface area contributed by atoms with Gasteiger partial charge in [0.1, 0.15) is 6.04 Å². The van der Waals surface area contributed by atoms with E-state index >= 15 is 0 Å². The molecule has 0 aliphatic rings. The maximum absolute atomic E-state index is 11.6. The van der Waals surface area contributed by atoms with Crippen LogP contribution in [0.15, 0.2) is 24.3 Å². The van der Waals surface area contributed by atoms with Gasteiger partial charge >= 0.3 is 11.9 Å². The Hall–Kier alpha value is -3.03. The monoisotopic (exact) mass is 309 g/mol. The maximum Gasteiger partial charge on any atom is 0.326 e. The molecular formula is C14H15NO7. The van der Waals surface area contributed by atoms with Gasteiger partial charge in [0.25, 0.3) is 0 Å². The first-order valence-electron chi connectivity index (χ1n) is 6.13. The molecule has 1 rings (SSSR count). The number of rotatable bonds is 7. The molecule has 8 nitrogen and oxygen atoms in total. The number of carboxylic acid groups (broad SMARTS) is 2. The number of benzene rings is 1. The van der Waals surface area contributed by atoms with Gasteiger partial charge in [-0.05, 0) is 23.8 Å². The topological polar surface area (TPSA) is 133 Å². The number of amides is 1. The molecule has 0 fully saturated rings. The third kappa shape index (κ3) is 5.16. The van der Waals surface area contributed by atoms with Crippen LogP contribution in [0.5, 0.6) is 11.5 Å². The average molecular weight is 309 g/mol. The molecular weight excluding hydrogens is 294 g/mol. The largest absolute Gasteiger partial charge is 0.504 e. The summed E-state index contributed by atoms with van der Waals surface area (Å²) < 4.78 is 4.87. The van der Waals surface area contributed by atoms with E-state index in [1.807, 2.05) is 0 Å². The Bertz CT molecular complexity index is 609. The Morgan fingerprint density at radius 2 is 2.00 bits per heavy atom. The van der Waals surface area contributed by atoms with E-state index in [9.17, 15) is 19.5 Å². The van der Waals surface area contributed by atoms with Crippen molar-refractivity contribution in [1.29, 1.82) is 0 Å². The zero-order chi connectivity index (χ0) is 16.7. The number of aromatic hydroxyl groups is 1. The average Bonchev–Trinajstić information content (AvgIpc) is 2.44. The van der Waals surface area contributed by atoms with Crippen molar-refractivity contribution in [2.24, 2.45) is 0 Å². The van der Waals surface area contributed by atoms with E-state index in [2.05, 4.69) is 5.32 Å². The van der Waals surface area contributed by atoms with E-state index in [0.717, 1.165) is 6.08 Å². The molecule has 0 bridgehead atoms. The van der Waals surface area contributed by atoms with E-state index in [-0.39, 0.29) is 11.5 Å². The molecule has 0 aliphatic carbocycles. The van der Waals surface area contributed by atoms with Crippen LogP contribution in [-0.2, 0) is 14.4 Å². The van der Waals surface area contributed by atoms with Crippen molar-refractivity contribution < 1.29 is 34.4 Å². The molecule has 0 spiro atoms. The summed E-state index contributed by atoms with van der Waals surface area (Å²) in [4.78, 5) is 32.9. The van der Waals surface area contributed by atoms with Crippen LogP contribution in [-0.4, -0.2) is 46.3 Å². The summed E-state index contributed by atoms with van der Waals surface area (Å²) in [6.45, 7) is 0. The van der Waals surface area contributed by atoms with Crippen LogP contribution in [0, 0.1) is 0 Å². The van der Waals surface area contributed by atoms with Gasteiger partial charge in [0.15, 0.2) is 11.5 Å². The SMILES string of the molecule is COc1ccc(/C=C/C(=O)N[C@@H](CC(=O)O)C(=O)O)cc1O. The highest BCUT2D eigenvalue weighted by Gasteiger charge is 2.21. The van der Waals surface area contributed by atoms with Crippen molar-refractivity contribution in [2.45, 2.75) is 12.5 Å². The molecule has 4 N–H and O–H groups in total. The number of methoxy groups -OCH3 is 1. The van der Waals surface area contributed by atoms with Crippen LogP contribution in [0.3, 0.4) is 0 Å². The predicted octanol–water partition coefficient (Wildman–Crippen LogP) is 0.458. The molecule has 8 heteroatoms. The molecule has 0 saturated heterocycles. The van der Waals surface area contributed by atoms with Crippen LogP contribution in [0.4, 0.5) is 0 Å². The smallest absolute Gasteiger partial charge is 0.326 e. The minimum Gasteiger partial charge on any atom is -0.504 e. The Morgan fingerprint density at radius 3 is 2.50 bits per heavy atom. The van der Waals surface area contributed by atoms with Gasteiger partial charge in [-0.2, -0.15) is 0 Å². The Kier molecular flexibility index (Phi) is 5.94. The first-order valence-corrected chi connectivity index (χ1v) is 6.13. The minimum absolute atomic E-state index is 0.112. The zero-order valence-electron chi connectivity index (χ0n) is 11.6. The van der Waals surface area contributed by atoms with Gasteiger partial charge in [-0.15, -0.1) is 0 Å². The van der Waals surface area contributed by atoms with Gasteiger partial charge in [-0.3, -0.25) is 9.59 Å². The fraction of sp³-hybridized carbons (Fsp3) is 0.214. The normalized spacial score (nSPS) is 11.9. The highest BCUT2D eigenvalue weighted by atomic mass is 16.5. The van der Waals surface area contributed by atoms with Crippen molar-refractivity contribution in [3.63, 3.8) is 0 Å². The molecule has 118 valence electrons. The number of phenols is 1. The molecule has 0 saturated carbocycles. The van der Waals surface area contributed by atoms with Gasteiger partial charge in [0.05, 0.1) is 13.5 Å². The van der Waals surface area contributed by atoms with Crippen LogP contribution in [0.2, 0.25) is 0 Å². The van der Waals surface area contributed by atoms with Crippen molar-refractivity contribution in [3.05, 3.63) is 29.8 Å². The molecule has 22 heavy (non-hydrogen) atoms. The van der Waals surface area contributed by atoms with Gasteiger partial charge in [-0.25, -0.2) is 4.79 Å². The predicted molar refractivity (Wildman–Crippen MR) is 75.5 cm³/mol. The lowest BCUT2D eigenvalue weighted by Crippen LogP contribution is -2.41. The first-order chi connectivity index (χ1) is 10.3. The maximum atomic E-state index is 11.6. The number of carbonyl (C=O) groups is 3. The summed E-state index contributed by atoms with van der Waals surface area (Å²) in [6.07, 6.45) is 1.66. The number of carbonyl (C=O) groups excluding carboxylic acids is 1. The first kappa shape index (κ1) is 17.0. The molecule has 1 amide bonds. The second kappa shape index (κ2) is 7.67. The summed E-state index contributed by atoms with van der Waals surface area (Å²) in [5.74, 6) is -3.37. The number of phenolic OH excluding ortho intramolecular Hbond substituents is 1. The fourth-order valence-corrected chi connectivity index (χ4v) is 1.58. The van der Waals surface area contributed by atoms with Crippen LogP contribution in [0.25, 0.3) is 6.08 Å². The summed E-state index contributed by atoms with van der Waals surface area (Å²) in [5, 5.41) is 29.0. The molecule has 0 aromatic heterocycles. The highest BCUT2D eigenvalue weighted by Crippen LogP contribution is 2.26. The van der Waals surface area contributed by atoms with Gasteiger partial charge in [0, 0.05) is 6.08 Å². The van der Waals surface area contributed by atoms with Crippen molar-refractivity contribution >= 4 is 23.9 Å². The van der Waals surface area contributed by atoms with E-state index in [0.29, 0.717) is 5.56 Å². The van der Waals surface area contributed by atoms with Crippen LogP contribution < -0.4 is 10.1 Å². The Balaban J connectivity index is 2.72. The third-order valence-electron chi connectivity index (χ3n) is 2.62. The summed E-state index contributed by atoms with van der Waals surface area (Å²) in [5.41, 5.74) is 0.485. The molecule has 0 aliphatic heterocycles. The van der Waals surface area contributed by atoms with Gasteiger partial charge < -0.3 is 25.4 Å². The molecule has 1 aromatic rings. The number of ether oxygens (including phenoxy) is 1. The van der Waals surface area contributed by atoms with E-state index in [1.165, 1.54) is 25.3 Å². The second-order valence-corrected chi connectivity index (χ2v) is 4.26. The minimum atomic E-state index is -1.51. The number of hydrogen-bond acceptors (Lipinski definition) is 5. The van der Waals surface area contributed by atoms with E-state index in [1.54, 1.807) is 6.07 Å². The standard InChI is InChI=1S/C14H15NO7/c1-22-11-4-2-8(6-10(11)16)3-5-12(17)15-9(14(20)21)7-13(18)19/h2-6,9,16H,7H2,1H3,(H,15,17)(H,18,19)(H,20,21)/b5-3+/t9-/m0/s1. The quantitative estimate of drug-likeness (QED) is 0.538. The molecule has 1 aromatic carbocycles. The highest BCUT2D eigenvalue weighted by molar-refractivity contribution is 5.95. The van der Waals surface area contributed by atoms with Gasteiger partial charge in [-0.1, -0.05) is 6.07 Å². The summed E-state index contributed by atoms with van der Waals surface area (Å²) >= 11 is 0. The Morgan fingerprint density at radius 1 is 1.32 bits per heavy atom. The van der Waals surface area contributed by atoms with Crippen molar-refractivity contribution in [3.8, 4) is 11.5 Å². The number of carboxylic acids is 2. The van der Waals surface area contributed by atoms with Crippen molar-refractivity contribution in [1.82, 2.24) is 5.32 Å². The summed E-state index contributed by atoms with van der Waals surface area (Å²) in [6, 6.07) is 2.92. The molecule has 0 radical (unpaired) electrons. The lowest BCUT2D eigenvalue weighted by molar-refractivity contribution is -0.146. The van der Waals surface area contributed by atoms with Crippen LogP contribution in [0.1, 0.15) is 12.0 Å². The van der Waals surface area contributed by atoms with Gasteiger partial charge in [0.2, 0.25) is 5.91 Å². The Labute approximate surface area is 125 Å². The lowest BCUT2D eigenvalue weighted by Gasteiger charge is -2.10. The number of nitrogens with one attached hydrogen (secondary N) is 1. The number of hydrogen-bond donors (Lipinski definition) is 4. The number of aliphatic carboxylic acids is 2. The molecule has 0 heterocycles. The molecule has 0 unspecified atom stereocenters. The zero-order valence-corrected chi connectivity index (χ0v) is 11.6. The summed E-state index contributed by atoms with van der Waals surface area (Å²) in [7, 11) is 1.40. The van der Waals surface area contributed by atoms with E-state index in [4.69, 9.17) is 14.9 Å². The van der Waals surface area contributed by atoms with E-state index < -0.39 is 30.3 Å². The fourth-order valence-electron chi connectivity index (χ4n) is 1.58. The molecule has 1 atom stereocenters. The van der Waals surface area contributed by atoms with Crippen molar-refractivity contribution in [2.75, 3.05) is 7.11 Å². The third-order valence-corrected chi connectivity index (χ3v) is 2.62. The second-order valence-electron chi connectivity index (χ2n) is 4.26. The lowest BCUT2D eigenvalue weighted by atomic mass is 10.1.